The Labute approximate surface area is 199 Å². The number of Topliss-reactive ketones (excluding diaryl/α,β-unsaturated/α-hetero) is 1. The van der Waals surface area contributed by atoms with E-state index in [1.807, 2.05) is 24.3 Å². The normalized spacial score (nSPS) is 19.7. The number of ketones is 1. The Balaban J connectivity index is 1.63. The van der Waals surface area contributed by atoms with Gasteiger partial charge in [-0.3, -0.25) is 4.79 Å². The summed E-state index contributed by atoms with van der Waals surface area (Å²) in [6.45, 7) is 0. The number of carbonyl (C=O) groups excluding carboxylic acids is 1. The second-order valence-corrected chi connectivity index (χ2v) is 9.13. The van der Waals surface area contributed by atoms with Gasteiger partial charge in [-0.15, -0.1) is 0 Å². The van der Waals surface area contributed by atoms with E-state index in [0.29, 0.717) is 28.6 Å². The minimum Gasteiger partial charge on any atom is -0.503 e. The van der Waals surface area contributed by atoms with Crippen molar-refractivity contribution in [3.8, 4) is 11.5 Å². The first-order chi connectivity index (χ1) is 15.9. The summed E-state index contributed by atoms with van der Waals surface area (Å²) in [4.78, 5) is 13.6. The monoisotopic (exact) mass is 508 g/mol. The van der Waals surface area contributed by atoms with Crippen molar-refractivity contribution in [1.29, 1.82) is 0 Å². The molecule has 0 fully saturated rings. The maximum atomic E-state index is 13.6. The molecule has 2 atom stereocenters. The third-order valence-corrected chi connectivity index (χ3v) is 6.86. The second kappa shape index (κ2) is 8.56. The van der Waals surface area contributed by atoms with Crippen molar-refractivity contribution in [2.75, 3.05) is 17.7 Å². The third kappa shape index (κ3) is 3.97. The lowest BCUT2D eigenvalue weighted by atomic mass is 9.78. The summed E-state index contributed by atoms with van der Waals surface area (Å²) in [6.07, 6.45) is 0.951. The van der Waals surface area contributed by atoms with Gasteiger partial charge in [-0.1, -0.05) is 24.3 Å². The number of methoxy groups -OCH3 is 1. The number of fused-ring (bicyclic) bond motifs is 1. The van der Waals surface area contributed by atoms with Crippen LogP contribution in [-0.4, -0.2) is 18.0 Å². The zero-order valence-electron chi connectivity index (χ0n) is 17.9. The lowest BCUT2D eigenvalue weighted by molar-refractivity contribution is -0.116. The highest BCUT2D eigenvalue weighted by atomic mass is 79.9. The predicted octanol–water partition coefficient (Wildman–Crippen LogP) is 6.28. The molecule has 7 heteroatoms. The third-order valence-electron chi connectivity index (χ3n) is 6.25. The molecule has 0 aromatic heterocycles. The van der Waals surface area contributed by atoms with Crippen LogP contribution in [0.25, 0.3) is 0 Å². The number of allylic oxidation sites excluding steroid dienone is 1. The van der Waals surface area contributed by atoms with Crippen LogP contribution in [0.15, 0.2) is 76.4 Å². The number of aromatic hydroxyl groups is 1. The Morgan fingerprint density at radius 3 is 2.48 bits per heavy atom. The molecule has 5 rings (SSSR count). The predicted molar refractivity (Wildman–Crippen MR) is 129 cm³/mol. The highest BCUT2D eigenvalue weighted by molar-refractivity contribution is 9.10. The molecule has 1 aliphatic heterocycles. The molecular weight excluding hydrogens is 487 g/mol. The lowest BCUT2D eigenvalue weighted by Crippen LogP contribution is -2.27. The van der Waals surface area contributed by atoms with Crippen molar-refractivity contribution in [2.24, 2.45) is 0 Å². The fourth-order valence-corrected chi connectivity index (χ4v) is 5.09. The van der Waals surface area contributed by atoms with Crippen LogP contribution >= 0.6 is 15.9 Å². The molecule has 0 saturated carbocycles. The molecule has 1 aliphatic carbocycles. The van der Waals surface area contributed by atoms with Gasteiger partial charge in [0.2, 0.25) is 0 Å². The van der Waals surface area contributed by atoms with E-state index < -0.39 is 6.04 Å². The molecule has 2 unspecified atom stereocenters. The average Bonchev–Trinajstić information content (AvgIpc) is 2.98. The first kappa shape index (κ1) is 21.5. The van der Waals surface area contributed by atoms with Crippen molar-refractivity contribution in [2.45, 2.75) is 24.8 Å². The zero-order chi connectivity index (χ0) is 23.1. The highest BCUT2D eigenvalue weighted by Crippen LogP contribution is 2.46. The van der Waals surface area contributed by atoms with E-state index in [4.69, 9.17) is 4.74 Å². The number of benzene rings is 3. The van der Waals surface area contributed by atoms with Crippen molar-refractivity contribution in [3.05, 3.63) is 93.4 Å². The smallest absolute Gasteiger partial charge is 0.172 e. The summed E-state index contributed by atoms with van der Waals surface area (Å²) in [7, 11) is 1.49. The number of para-hydroxylation sites is 2. The number of nitrogens with one attached hydrogen (secondary N) is 2. The Morgan fingerprint density at radius 2 is 1.76 bits per heavy atom. The molecule has 0 amide bonds. The van der Waals surface area contributed by atoms with Crippen LogP contribution in [0.3, 0.4) is 0 Å². The summed E-state index contributed by atoms with van der Waals surface area (Å²) in [5.41, 5.74) is 4.97. The van der Waals surface area contributed by atoms with E-state index in [-0.39, 0.29) is 23.3 Å². The minimum absolute atomic E-state index is 0.00828. The molecule has 0 bridgehead atoms. The van der Waals surface area contributed by atoms with Crippen molar-refractivity contribution >= 4 is 33.1 Å². The van der Waals surface area contributed by atoms with Crippen LogP contribution < -0.4 is 15.4 Å². The molecule has 3 aromatic rings. The van der Waals surface area contributed by atoms with Gasteiger partial charge in [0.05, 0.1) is 29.0 Å². The SMILES string of the molecule is COc1cc(C2Nc3ccccc3NC3=C2C(=O)CC(c2ccc(F)cc2)C3)cc(Br)c1O. The molecule has 33 heavy (non-hydrogen) atoms. The van der Waals surface area contributed by atoms with Gasteiger partial charge in [0.1, 0.15) is 5.82 Å². The van der Waals surface area contributed by atoms with E-state index in [1.165, 1.54) is 19.2 Å². The van der Waals surface area contributed by atoms with Crippen LogP contribution in [0.2, 0.25) is 0 Å². The average molecular weight is 509 g/mol. The summed E-state index contributed by atoms with van der Waals surface area (Å²) in [5, 5.41) is 17.3. The van der Waals surface area contributed by atoms with E-state index in [0.717, 1.165) is 28.2 Å². The number of phenols is 1. The summed E-state index contributed by atoms with van der Waals surface area (Å²) in [6, 6.07) is 17.3. The van der Waals surface area contributed by atoms with Crippen molar-refractivity contribution in [3.63, 3.8) is 0 Å². The van der Waals surface area contributed by atoms with E-state index in [1.54, 1.807) is 24.3 Å². The van der Waals surface area contributed by atoms with E-state index in [2.05, 4.69) is 26.6 Å². The van der Waals surface area contributed by atoms with Crippen LogP contribution in [0.1, 0.15) is 35.9 Å². The van der Waals surface area contributed by atoms with Gasteiger partial charge < -0.3 is 20.5 Å². The molecule has 5 nitrogen and oxygen atoms in total. The lowest BCUT2D eigenvalue weighted by Gasteiger charge is -2.30. The van der Waals surface area contributed by atoms with Gasteiger partial charge in [-0.25, -0.2) is 4.39 Å². The quantitative estimate of drug-likeness (QED) is 0.388. The molecule has 0 spiro atoms. The second-order valence-electron chi connectivity index (χ2n) is 8.27. The number of rotatable bonds is 3. The highest BCUT2D eigenvalue weighted by Gasteiger charge is 2.36. The van der Waals surface area contributed by atoms with Gasteiger partial charge in [0, 0.05) is 17.7 Å². The number of ether oxygens (including phenoxy) is 1. The number of phenolic OH excluding ortho intramolecular Hbond substituents is 1. The zero-order valence-corrected chi connectivity index (χ0v) is 19.4. The number of carbonyl (C=O) groups is 1. The Hall–Kier alpha value is -3.32. The molecule has 1 heterocycles. The van der Waals surface area contributed by atoms with Crippen molar-refractivity contribution in [1.82, 2.24) is 0 Å². The van der Waals surface area contributed by atoms with Crippen LogP contribution in [0.5, 0.6) is 11.5 Å². The van der Waals surface area contributed by atoms with Crippen LogP contribution in [0, 0.1) is 5.82 Å². The fraction of sp³-hybridized carbons (Fsp3) is 0.192. The summed E-state index contributed by atoms with van der Waals surface area (Å²) < 4.78 is 19.3. The summed E-state index contributed by atoms with van der Waals surface area (Å²) in [5.74, 6) is 0.0107. The first-order valence-corrected chi connectivity index (χ1v) is 11.4. The molecule has 168 valence electrons. The van der Waals surface area contributed by atoms with E-state index in [9.17, 15) is 14.3 Å². The molecule has 0 saturated heterocycles. The minimum atomic E-state index is -0.441. The molecule has 3 N–H and O–H groups in total. The molecule has 0 radical (unpaired) electrons. The van der Waals surface area contributed by atoms with Crippen LogP contribution in [0.4, 0.5) is 15.8 Å². The Bertz CT molecular complexity index is 1270. The number of anilines is 2. The van der Waals surface area contributed by atoms with Gasteiger partial charge in [0.25, 0.3) is 0 Å². The maximum absolute atomic E-state index is 13.6. The molecule has 2 aliphatic rings. The first-order valence-electron chi connectivity index (χ1n) is 10.6. The number of halogens is 2. The topological polar surface area (TPSA) is 70.6 Å². The largest absolute Gasteiger partial charge is 0.503 e. The maximum Gasteiger partial charge on any atom is 0.172 e. The van der Waals surface area contributed by atoms with Crippen LogP contribution in [-0.2, 0) is 4.79 Å². The van der Waals surface area contributed by atoms with Gasteiger partial charge in [-0.05, 0) is 75.8 Å². The number of hydrogen-bond acceptors (Lipinski definition) is 5. The van der Waals surface area contributed by atoms with Gasteiger partial charge in [0.15, 0.2) is 17.3 Å². The van der Waals surface area contributed by atoms with Gasteiger partial charge in [-0.2, -0.15) is 0 Å². The van der Waals surface area contributed by atoms with E-state index >= 15 is 0 Å². The number of hydrogen-bond donors (Lipinski definition) is 3. The van der Waals surface area contributed by atoms with Gasteiger partial charge >= 0.3 is 0 Å². The van der Waals surface area contributed by atoms with Crippen molar-refractivity contribution < 1.29 is 19.0 Å². The fourth-order valence-electron chi connectivity index (χ4n) is 4.63. The standard InChI is InChI=1S/C26H22BrFN2O3/c1-33-23-13-16(10-18(27)26(23)32)25-24-21(29-19-4-2-3-5-20(19)30-25)11-15(12-22(24)31)14-6-8-17(28)9-7-14/h2-10,13,15,25,29-30,32H,11-12H2,1H3. The Kier molecular flexibility index (Phi) is 5.58. The summed E-state index contributed by atoms with van der Waals surface area (Å²) >= 11 is 3.40. The Morgan fingerprint density at radius 1 is 1.03 bits per heavy atom. The molecule has 3 aromatic carbocycles. The molecular formula is C26H22BrFN2O3.